The molecule has 206 valence electrons. The van der Waals surface area contributed by atoms with Gasteiger partial charge in [0, 0.05) is 12.5 Å². The van der Waals surface area contributed by atoms with Gasteiger partial charge in [0.25, 0.3) is 0 Å². The molecule has 2 aliphatic rings. The first kappa shape index (κ1) is 26.1. The van der Waals surface area contributed by atoms with Gasteiger partial charge in [-0.25, -0.2) is 18.4 Å². The van der Waals surface area contributed by atoms with Crippen LogP contribution in [0.4, 0.5) is 29.9 Å². The van der Waals surface area contributed by atoms with Gasteiger partial charge in [0.2, 0.25) is 0 Å². The summed E-state index contributed by atoms with van der Waals surface area (Å²) < 4.78 is 45.9. The van der Waals surface area contributed by atoms with Crippen molar-refractivity contribution in [2.24, 2.45) is 0 Å². The highest BCUT2D eigenvalue weighted by atomic mass is 19.1. The predicted molar refractivity (Wildman–Crippen MR) is 133 cm³/mol. The molecule has 39 heavy (non-hydrogen) atoms. The number of methoxy groups -OCH3 is 1. The van der Waals surface area contributed by atoms with E-state index in [9.17, 15) is 23.5 Å². The van der Waals surface area contributed by atoms with Crippen LogP contribution >= 0.6 is 0 Å². The Kier molecular flexibility index (Phi) is 6.48. The van der Waals surface area contributed by atoms with Crippen LogP contribution in [0.25, 0.3) is 11.3 Å². The first-order valence-electron chi connectivity index (χ1n) is 12.1. The molecule has 0 saturated carbocycles. The maximum atomic E-state index is 14.3. The number of carbonyl (C=O) groups is 2. The van der Waals surface area contributed by atoms with Crippen LogP contribution in [0, 0.1) is 11.6 Å². The summed E-state index contributed by atoms with van der Waals surface area (Å²) in [6.07, 6.45) is 1.02. The zero-order chi connectivity index (χ0) is 28.1. The van der Waals surface area contributed by atoms with Crippen LogP contribution in [0.2, 0.25) is 0 Å². The van der Waals surface area contributed by atoms with E-state index < -0.39 is 29.4 Å². The zero-order valence-corrected chi connectivity index (χ0v) is 21.6. The second-order valence-corrected chi connectivity index (χ2v) is 10.2. The van der Waals surface area contributed by atoms with E-state index in [-0.39, 0.29) is 41.5 Å². The van der Waals surface area contributed by atoms with Crippen LogP contribution in [0.15, 0.2) is 30.6 Å². The molecule has 1 fully saturated rings. The van der Waals surface area contributed by atoms with Gasteiger partial charge in [0.15, 0.2) is 23.1 Å². The minimum Gasteiger partial charge on any atom is -0.493 e. The van der Waals surface area contributed by atoms with Gasteiger partial charge >= 0.3 is 12.2 Å². The van der Waals surface area contributed by atoms with Crippen molar-refractivity contribution in [2.45, 2.75) is 44.9 Å². The largest absolute Gasteiger partial charge is 0.493 e. The molecule has 1 saturated heterocycles. The standard InChI is InChI=1S/C25H26F2N6O6/c1-25(2,3)39-24(36)33-12-16(9-28-33)38-15-7-14-10-32(23(34)35)22-20(31(14)11-15)8-19(29-30-22)17-5-13(26)6-18(27)21(17)37-4/h5-6,8-9,12,14-15H,7,10-11H2,1-4H3,(H,34,35)/t14-,15-/m1/s1. The summed E-state index contributed by atoms with van der Waals surface area (Å²) in [6, 6.07) is 3.03. The molecule has 2 aliphatic heterocycles. The highest BCUT2D eigenvalue weighted by Gasteiger charge is 2.43. The lowest BCUT2D eigenvalue weighted by molar-refractivity contribution is 0.0513. The molecule has 2 atom stereocenters. The molecular formula is C25H26F2N6O6. The Morgan fingerprint density at radius 1 is 1.13 bits per heavy atom. The number of anilines is 2. The number of fused-ring (bicyclic) bond motifs is 3. The highest BCUT2D eigenvalue weighted by Crippen LogP contribution is 2.42. The maximum Gasteiger partial charge on any atom is 0.435 e. The van der Waals surface area contributed by atoms with Gasteiger partial charge in [-0.2, -0.15) is 9.78 Å². The van der Waals surface area contributed by atoms with E-state index in [0.717, 1.165) is 15.6 Å². The zero-order valence-electron chi connectivity index (χ0n) is 21.6. The molecular weight excluding hydrogens is 518 g/mol. The molecule has 0 unspecified atom stereocenters. The quantitative estimate of drug-likeness (QED) is 0.515. The number of aromatic nitrogens is 4. The van der Waals surface area contributed by atoms with Crippen LogP contribution in [0.5, 0.6) is 11.5 Å². The van der Waals surface area contributed by atoms with Crippen molar-refractivity contribution < 1.29 is 37.7 Å². The summed E-state index contributed by atoms with van der Waals surface area (Å²) in [7, 11) is 1.25. The maximum absolute atomic E-state index is 14.3. The van der Waals surface area contributed by atoms with Gasteiger partial charge in [-0.15, -0.1) is 10.2 Å². The fourth-order valence-electron chi connectivity index (χ4n) is 4.73. The molecule has 1 N–H and O–H groups in total. The summed E-state index contributed by atoms with van der Waals surface area (Å²) in [5.74, 6) is -1.50. The lowest BCUT2D eigenvalue weighted by Gasteiger charge is -2.37. The number of rotatable bonds is 4. The molecule has 1 amide bonds. The van der Waals surface area contributed by atoms with Crippen LogP contribution in [0.1, 0.15) is 27.2 Å². The van der Waals surface area contributed by atoms with E-state index in [2.05, 4.69) is 15.3 Å². The van der Waals surface area contributed by atoms with Crippen molar-refractivity contribution in [2.75, 3.05) is 30.0 Å². The Labute approximate surface area is 221 Å². The third-order valence-corrected chi connectivity index (χ3v) is 6.25. The monoisotopic (exact) mass is 544 g/mol. The van der Waals surface area contributed by atoms with Crippen molar-refractivity contribution >= 4 is 23.7 Å². The van der Waals surface area contributed by atoms with Crippen molar-refractivity contribution in [1.29, 1.82) is 0 Å². The van der Waals surface area contributed by atoms with E-state index in [4.69, 9.17) is 14.2 Å². The number of carboxylic acid groups (broad SMARTS) is 1. The molecule has 0 bridgehead atoms. The van der Waals surface area contributed by atoms with Crippen molar-refractivity contribution in [3.8, 4) is 22.8 Å². The molecule has 2 aromatic heterocycles. The van der Waals surface area contributed by atoms with E-state index >= 15 is 0 Å². The van der Waals surface area contributed by atoms with Crippen LogP contribution < -0.4 is 19.3 Å². The first-order valence-corrected chi connectivity index (χ1v) is 12.1. The molecule has 3 aromatic rings. The Bertz CT molecular complexity index is 1440. The smallest absolute Gasteiger partial charge is 0.435 e. The average Bonchev–Trinajstić information content (AvgIpc) is 3.48. The molecule has 5 rings (SSSR count). The Hall–Kier alpha value is -4.49. The minimum absolute atomic E-state index is 0.0378. The number of amides is 1. The molecule has 0 radical (unpaired) electrons. The second-order valence-electron chi connectivity index (χ2n) is 10.2. The van der Waals surface area contributed by atoms with Crippen LogP contribution in [-0.2, 0) is 4.74 Å². The van der Waals surface area contributed by atoms with Gasteiger partial charge in [-0.05, 0) is 32.9 Å². The van der Waals surface area contributed by atoms with Crippen molar-refractivity contribution in [3.63, 3.8) is 0 Å². The number of hydrogen-bond donors (Lipinski definition) is 1. The number of hydrogen-bond acceptors (Lipinski definition) is 9. The summed E-state index contributed by atoms with van der Waals surface area (Å²) >= 11 is 0. The molecule has 12 nitrogen and oxygen atoms in total. The fourth-order valence-corrected chi connectivity index (χ4v) is 4.73. The first-order chi connectivity index (χ1) is 18.4. The number of halogens is 2. The number of carbonyl (C=O) groups excluding carboxylic acids is 1. The van der Waals surface area contributed by atoms with Gasteiger partial charge < -0.3 is 24.2 Å². The van der Waals surface area contributed by atoms with Crippen molar-refractivity contribution in [1.82, 2.24) is 20.0 Å². The number of benzene rings is 1. The van der Waals surface area contributed by atoms with Gasteiger partial charge in [-0.1, -0.05) is 0 Å². The third kappa shape index (κ3) is 5.13. The van der Waals surface area contributed by atoms with Crippen LogP contribution in [0.3, 0.4) is 0 Å². The molecule has 14 heteroatoms. The fraction of sp³-hybridized carbons (Fsp3) is 0.400. The molecule has 1 aromatic carbocycles. The van der Waals surface area contributed by atoms with E-state index in [1.807, 2.05) is 4.90 Å². The Morgan fingerprint density at radius 3 is 2.59 bits per heavy atom. The van der Waals surface area contributed by atoms with E-state index in [1.165, 1.54) is 25.6 Å². The number of nitrogens with zero attached hydrogens (tertiary/aromatic N) is 6. The van der Waals surface area contributed by atoms with Crippen molar-refractivity contribution in [3.05, 3.63) is 42.2 Å². The lowest BCUT2D eigenvalue weighted by atomic mass is 10.1. The van der Waals surface area contributed by atoms with Gasteiger partial charge in [0.1, 0.15) is 17.5 Å². The second kappa shape index (κ2) is 9.67. The molecule has 4 heterocycles. The Morgan fingerprint density at radius 2 is 1.90 bits per heavy atom. The molecule has 0 aliphatic carbocycles. The van der Waals surface area contributed by atoms with Crippen LogP contribution in [-0.4, -0.2) is 75.2 Å². The Balaban J connectivity index is 1.42. The normalized spacial score (nSPS) is 18.4. The summed E-state index contributed by atoms with van der Waals surface area (Å²) in [5, 5.41) is 22.0. The van der Waals surface area contributed by atoms with Gasteiger partial charge in [0.05, 0.1) is 55.6 Å². The van der Waals surface area contributed by atoms with E-state index in [0.29, 0.717) is 30.5 Å². The minimum atomic E-state index is -1.21. The third-order valence-electron chi connectivity index (χ3n) is 6.25. The van der Waals surface area contributed by atoms with Gasteiger partial charge in [-0.3, -0.25) is 4.90 Å². The van der Waals surface area contributed by atoms with E-state index in [1.54, 1.807) is 20.8 Å². The molecule has 0 spiro atoms. The average molecular weight is 545 g/mol. The summed E-state index contributed by atoms with van der Waals surface area (Å²) in [6.45, 7) is 5.70. The summed E-state index contributed by atoms with van der Waals surface area (Å²) in [5.41, 5.74) is -0.125. The number of ether oxygens (including phenoxy) is 3. The lowest BCUT2D eigenvalue weighted by Crippen LogP contribution is -2.48. The topological polar surface area (TPSA) is 132 Å². The SMILES string of the molecule is COc1c(F)cc(F)cc1-c1cc2c(nn1)N(C(=O)O)C[C@H]1C[C@@H](Oc3cnn(C(=O)OC(C)(C)C)c3)CN21. The highest BCUT2D eigenvalue weighted by molar-refractivity contribution is 5.92. The summed E-state index contributed by atoms with van der Waals surface area (Å²) in [4.78, 5) is 27.3. The predicted octanol–water partition coefficient (Wildman–Crippen LogP) is 3.93.